The maximum absolute atomic E-state index is 14.1. The molecule has 2 amide bonds. The number of amides is 2. The molecule has 0 unspecified atom stereocenters. The molecule has 3 aliphatic heterocycles. The fraction of sp³-hybridized carbons (Fsp3) is 0.385. The van der Waals surface area contributed by atoms with Crippen molar-refractivity contribution >= 4 is 40.1 Å². The molecule has 0 spiro atoms. The van der Waals surface area contributed by atoms with E-state index in [-0.39, 0.29) is 17.9 Å². The van der Waals surface area contributed by atoms with Crippen molar-refractivity contribution in [3.8, 4) is 28.4 Å². The predicted octanol–water partition coefficient (Wildman–Crippen LogP) is 7.64. The Balaban J connectivity index is 1.20. The summed E-state index contributed by atoms with van der Waals surface area (Å²) in [5, 5.41) is 2.53. The zero-order chi connectivity index (χ0) is 34.1. The molecule has 0 aromatic heterocycles. The van der Waals surface area contributed by atoms with Gasteiger partial charge in [0.15, 0.2) is 6.10 Å². The van der Waals surface area contributed by atoms with E-state index in [1.165, 1.54) is 0 Å². The van der Waals surface area contributed by atoms with Gasteiger partial charge in [0, 0.05) is 57.2 Å². The smallest absolute Gasteiger partial charge is 0.410 e. The molecule has 3 heterocycles. The van der Waals surface area contributed by atoms with Gasteiger partial charge >= 0.3 is 6.09 Å². The molecule has 2 saturated heterocycles. The second-order valence-electron chi connectivity index (χ2n) is 14.0. The average molecular weight is 684 g/mol. The number of nitrogens with zero attached hydrogens (tertiary/aromatic N) is 3. The van der Waals surface area contributed by atoms with Gasteiger partial charge in [0.05, 0.1) is 23.9 Å². The molecule has 49 heavy (non-hydrogen) atoms. The number of morpholine rings is 1. The lowest BCUT2D eigenvalue weighted by atomic mass is 9.95. The third-order valence-corrected chi connectivity index (χ3v) is 9.43. The van der Waals surface area contributed by atoms with Crippen LogP contribution in [-0.4, -0.2) is 86.0 Å². The van der Waals surface area contributed by atoms with Crippen LogP contribution in [0.1, 0.15) is 27.2 Å². The Hall–Kier alpha value is -4.31. The summed E-state index contributed by atoms with van der Waals surface area (Å²) in [6.45, 7) is 10.8. The molecular formula is C39H42ClN3O6. The minimum absolute atomic E-state index is 0.0935. The van der Waals surface area contributed by atoms with Gasteiger partial charge in [-0.3, -0.25) is 9.69 Å². The van der Waals surface area contributed by atoms with Crippen LogP contribution in [-0.2, 0) is 14.3 Å². The molecule has 9 nitrogen and oxygen atoms in total. The third-order valence-electron chi connectivity index (χ3n) is 9.12. The standard InChI is InChI=1S/C39H42ClN3O6/c1-39(2,3)49-38(45)42-23-26(24-42)25-43-34-22-33(40)32(21-36(34)48-35(37(43)44)13-14-41-15-17-46-18-16-41)31-20-29(47-28-10-5-4-6-11-28)19-27-9-7-8-12-30(27)31/h4-12,19-22,26,35H,13-18,23-25H2,1-3H3/t35-/m0/s1. The van der Waals surface area contributed by atoms with Crippen molar-refractivity contribution in [2.45, 2.75) is 38.9 Å². The van der Waals surface area contributed by atoms with Gasteiger partial charge in [0.1, 0.15) is 22.8 Å². The number of benzene rings is 4. The first-order valence-electron chi connectivity index (χ1n) is 17.0. The first-order valence-corrected chi connectivity index (χ1v) is 17.3. The zero-order valence-electron chi connectivity index (χ0n) is 28.2. The second-order valence-corrected chi connectivity index (χ2v) is 14.4. The fourth-order valence-corrected chi connectivity index (χ4v) is 6.91. The number of carbonyl (C=O) groups is 2. The molecule has 7 rings (SSSR count). The van der Waals surface area contributed by atoms with Crippen LogP contribution in [0.2, 0.25) is 5.02 Å². The Morgan fingerprint density at radius 1 is 0.918 bits per heavy atom. The lowest BCUT2D eigenvalue weighted by Gasteiger charge is -2.43. The molecule has 256 valence electrons. The molecule has 0 bridgehead atoms. The molecular weight excluding hydrogens is 642 g/mol. The van der Waals surface area contributed by atoms with Crippen LogP contribution in [0.25, 0.3) is 21.9 Å². The number of hydrogen-bond donors (Lipinski definition) is 0. The summed E-state index contributed by atoms with van der Waals surface area (Å²) in [7, 11) is 0. The van der Waals surface area contributed by atoms with Gasteiger partial charge in [-0.15, -0.1) is 0 Å². The maximum Gasteiger partial charge on any atom is 0.410 e. The largest absolute Gasteiger partial charge is 0.478 e. The van der Waals surface area contributed by atoms with Gasteiger partial charge in [-0.2, -0.15) is 0 Å². The van der Waals surface area contributed by atoms with Gasteiger partial charge in [0.25, 0.3) is 5.91 Å². The SMILES string of the molecule is CC(C)(C)OC(=O)N1CC(CN2C(=O)[C@H](CCN3CCOCC3)Oc3cc(-c4cc(Oc5ccccc5)cc5ccccc45)c(Cl)cc32)C1. The summed E-state index contributed by atoms with van der Waals surface area (Å²) in [6, 6.07) is 25.6. The highest BCUT2D eigenvalue weighted by atomic mass is 35.5. The quantitative estimate of drug-likeness (QED) is 0.189. The average Bonchev–Trinajstić information content (AvgIpc) is 3.06. The van der Waals surface area contributed by atoms with Crippen LogP contribution < -0.4 is 14.4 Å². The molecule has 3 aliphatic rings. The van der Waals surface area contributed by atoms with E-state index in [9.17, 15) is 9.59 Å². The highest BCUT2D eigenvalue weighted by molar-refractivity contribution is 6.34. The molecule has 10 heteroatoms. The highest BCUT2D eigenvalue weighted by Gasteiger charge is 2.40. The number of ether oxygens (including phenoxy) is 4. The summed E-state index contributed by atoms with van der Waals surface area (Å²) < 4.78 is 23.9. The third kappa shape index (κ3) is 7.49. The van der Waals surface area contributed by atoms with E-state index in [1.807, 2.05) is 92.4 Å². The molecule has 0 aliphatic carbocycles. The summed E-state index contributed by atoms with van der Waals surface area (Å²) in [4.78, 5) is 32.5. The fourth-order valence-electron chi connectivity index (χ4n) is 6.65. The van der Waals surface area contributed by atoms with Crippen molar-refractivity contribution in [3.05, 3.63) is 83.9 Å². The van der Waals surface area contributed by atoms with Gasteiger partial charge in [-0.05, 0) is 73.5 Å². The van der Waals surface area contributed by atoms with E-state index in [4.69, 9.17) is 30.5 Å². The molecule has 1 atom stereocenters. The second kappa shape index (κ2) is 13.9. The van der Waals surface area contributed by atoms with Crippen molar-refractivity contribution in [1.82, 2.24) is 9.80 Å². The van der Waals surface area contributed by atoms with Crippen LogP contribution in [0.3, 0.4) is 0 Å². The van der Waals surface area contributed by atoms with Gasteiger partial charge in [-0.25, -0.2) is 4.79 Å². The Labute approximate surface area is 292 Å². The maximum atomic E-state index is 14.1. The molecule has 0 radical (unpaired) electrons. The number of para-hydroxylation sites is 1. The minimum atomic E-state index is -0.657. The van der Waals surface area contributed by atoms with E-state index >= 15 is 0 Å². The van der Waals surface area contributed by atoms with Crippen LogP contribution in [0, 0.1) is 5.92 Å². The summed E-state index contributed by atoms with van der Waals surface area (Å²) in [6.07, 6.45) is -0.444. The topological polar surface area (TPSA) is 80.8 Å². The minimum Gasteiger partial charge on any atom is -0.478 e. The number of anilines is 1. The van der Waals surface area contributed by atoms with Crippen LogP contribution in [0.4, 0.5) is 10.5 Å². The first kappa shape index (κ1) is 33.2. The van der Waals surface area contributed by atoms with Crippen LogP contribution in [0.5, 0.6) is 17.2 Å². The Morgan fingerprint density at radius 3 is 2.41 bits per heavy atom. The van der Waals surface area contributed by atoms with Crippen molar-refractivity contribution < 1.29 is 28.5 Å². The number of hydrogen-bond acceptors (Lipinski definition) is 7. The molecule has 4 aromatic rings. The van der Waals surface area contributed by atoms with E-state index in [2.05, 4.69) is 17.0 Å². The van der Waals surface area contributed by atoms with Crippen LogP contribution >= 0.6 is 11.6 Å². The van der Waals surface area contributed by atoms with Crippen molar-refractivity contribution in [1.29, 1.82) is 0 Å². The Kier molecular flexibility index (Phi) is 9.42. The number of rotatable bonds is 8. The van der Waals surface area contributed by atoms with Crippen molar-refractivity contribution in [3.63, 3.8) is 0 Å². The lowest BCUT2D eigenvalue weighted by Crippen LogP contribution is -2.57. The highest BCUT2D eigenvalue weighted by Crippen LogP contribution is 2.45. The molecule has 4 aromatic carbocycles. The summed E-state index contributed by atoms with van der Waals surface area (Å²) >= 11 is 7.11. The van der Waals surface area contributed by atoms with Crippen LogP contribution in [0.15, 0.2) is 78.9 Å². The Morgan fingerprint density at radius 2 is 1.65 bits per heavy atom. The van der Waals surface area contributed by atoms with E-state index in [1.54, 1.807) is 4.90 Å². The van der Waals surface area contributed by atoms with Crippen molar-refractivity contribution in [2.75, 3.05) is 57.4 Å². The van der Waals surface area contributed by atoms with Gasteiger partial charge in [0.2, 0.25) is 0 Å². The monoisotopic (exact) mass is 683 g/mol. The lowest BCUT2D eigenvalue weighted by molar-refractivity contribution is -0.127. The summed E-state index contributed by atoms with van der Waals surface area (Å²) in [5.41, 5.74) is 1.76. The predicted molar refractivity (Wildman–Crippen MR) is 191 cm³/mol. The van der Waals surface area contributed by atoms with Gasteiger partial charge in [-0.1, -0.05) is 54.1 Å². The van der Waals surface area contributed by atoms with Crippen molar-refractivity contribution in [2.24, 2.45) is 5.92 Å². The molecule has 2 fully saturated rings. The van der Waals surface area contributed by atoms with E-state index < -0.39 is 11.7 Å². The van der Waals surface area contributed by atoms with E-state index in [0.29, 0.717) is 61.5 Å². The Bertz CT molecular complexity index is 1830. The first-order chi connectivity index (χ1) is 23.6. The normalized spacial score (nSPS) is 18.5. The number of halogens is 1. The zero-order valence-corrected chi connectivity index (χ0v) is 28.9. The molecule has 0 saturated carbocycles. The molecule has 0 N–H and O–H groups in total. The number of carbonyl (C=O) groups excluding carboxylic acids is 2. The number of fused-ring (bicyclic) bond motifs is 2. The van der Waals surface area contributed by atoms with E-state index in [0.717, 1.165) is 47.3 Å². The summed E-state index contributed by atoms with van der Waals surface area (Å²) in [5.74, 6) is 2.03. The van der Waals surface area contributed by atoms with Gasteiger partial charge < -0.3 is 28.7 Å². The number of likely N-dealkylation sites (tertiary alicyclic amines) is 1.